The average Bonchev–Trinajstić information content (AvgIpc) is 2.48. The van der Waals surface area contributed by atoms with Crippen LogP contribution in [0.2, 0.25) is 0 Å². The van der Waals surface area contributed by atoms with Crippen molar-refractivity contribution in [2.45, 2.75) is 57.8 Å². The first-order chi connectivity index (χ1) is 8.82. The zero-order valence-electron chi connectivity index (χ0n) is 11.7. The summed E-state index contributed by atoms with van der Waals surface area (Å²) in [6, 6.07) is 0. The van der Waals surface area contributed by atoms with E-state index in [0.717, 1.165) is 24.0 Å². The topological polar surface area (TPSA) is 66.8 Å². The molecule has 106 valence electrons. The Balaban J connectivity index is 2.38. The SMILES string of the molecule is CC1=C[C@H]2OC(=O)[C@](C)(O)[C@H]2[C@@H](O)CC(C)=CCC1. The van der Waals surface area contributed by atoms with Crippen molar-refractivity contribution in [1.82, 2.24) is 0 Å². The van der Waals surface area contributed by atoms with Crippen LogP contribution in [0.5, 0.6) is 0 Å². The van der Waals surface area contributed by atoms with Gasteiger partial charge in [-0.1, -0.05) is 17.2 Å². The molecule has 0 saturated carbocycles. The van der Waals surface area contributed by atoms with Gasteiger partial charge in [-0.15, -0.1) is 0 Å². The van der Waals surface area contributed by atoms with Crippen molar-refractivity contribution in [3.05, 3.63) is 23.3 Å². The highest BCUT2D eigenvalue weighted by Gasteiger charge is 2.55. The second-order valence-corrected chi connectivity index (χ2v) is 5.92. The number of carbonyl (C=O) groups excluding carboxylic acids is 1. The van der Waals surface area contributed by atoms with E-state index in [1.54, 1.807) is 0 Å². The molecule has 0 aromatic heterocycles. The summed E-state index contributed by atoms with van der Waals surface area (Å²) in [6.45, 7) is 5.37. The number of esters is 1. The molecular formula is C15H22O4. The summed E-state index contributed by atoms with van der Waals surface area (Å²) < 4.78 is 5.24. The van der Waals surface area contributed by atoms with Crippen LogP contribution >= 0.6 is 0 Å². The van der Waals surface area contributed by atoms with E-state index >= 15 is 0 Å². The van der Waals surface area contributed by atoms with Crippen molar-refractivity contribution in [1.29, 1.82) is 0 Å². The van der Waals surface area contributed by atoms with Gasteiger partial charge in [0.25, 0.3) is 0 Å². The van der Waals surface area contributed by atoms with Gasteiger partial charge in [0.05, 0.1) is 12.0 Å². The molecule has 0 amide bonds. The quantitative estimate of drug-likeness (QED) is 0.517. The Morgan fingerprint density at radius 3 is 2.74 bits per heavy atom. The number of aliphatic hydroxyl groups is 2. The third-order valence-electron chi connectivity index (χ3n) is 4.09. The van der Waals surface area contributed by atoms with Crippen LogP contribution in [0, 0.1) is 5.92 Å². The van der Waals surface area contributed by atoms with Gasteiger partial charge in [-0.05, 0) is 46.1 Å². The van der Waals surface area contributed by atoms with Crippen molar-refractivity contribution >= 4 is 5.97 Å². The third kappa shape index (κ3) is 2.74. The molecule has 1 saturated heterocycles. The Morgan fingerprint density at radius 2 is 2.05 bits per heavy atom. The lowest BCUT2D eigenvalue weighted by Gasteiger charge is -2.29. The first-order valence-electron chi connectivity index (χ1n) is 6.77. The second kappa shape index (κ2) is 5.10. The average molecular weight is 266 g/mol. The summed E-state index contributed by atoms with van der Waals surface area (Å²) in [5.41, 5.74) is 0.565. The van der Waals surface area contributed by atoms with Gasteiger partial charge < -0.3 is 14.9 Å². The minimum Gasteiger partial charge on any atom is -0.455 e. The number of hydrogen-bond acceptors (Lipinski definition) is 4. The number of rotatable bonds is 0. The molecular weight excluding hydrogens is 244 g/mol. The van der Waals surface area contributed by atoms with E-state index in [0.29, 0.717) is 6.42 Å². The number of fused-ring (bicyclic) bond motifs is 1. The van der Waals surface area contributed by atoms with Crippen LogP contribution in [0.1, 0.15) is 40.0 Å². The molecule has 1 aliphatic carbocycles. The van der Waals surface area contributed by atoms with Gasteiger partial charge in [0.2, 0.25) is 0 Å². The van der Waals surface area contributed by atoms with E-state index in [1.807, 2.05) is 19.9 Å². The summed E-state index contributed by atoms with van der Waals surface area (Å²) in [5.74, 6) is -1.26. The molecule has 0 aromatic carbocycles. The maximum atomic E-state index is 11.8. The summed E-state index contributed by atoms with van der Waals surface area (Å²) in [6.07, 6.45) is 4.92. The number of allylic oxidation sites excluding steroid dienone is 2. The minimum atomic E-state index is -1.62. The Morgan fingerprint density at radius 1 is 1.37 bits per heavy atom. The molecule has 2 aliphatic rings. The Kier molecular flexibility index (Phi) is 3.83. The highest BCUT2D eigenvalue weighted by molar-refractivity contribution is 5.82. The number of hydrogen-bond donors (Lipinski definition) is 2. The summed E-state index contributed by atoms with van der Waals surface area (Å²) in [7, 11) is 0. The lowest BCUT2D eigenvalue weighted by Crippen LogP contribution is -2.45. The van der Waals surface area contributed by atoms with Crippen LogP contribution in [0.3, 0.4) is 0 Å². The molecule has 0 unspecified atom stereocenters. The van der Waals surface area contributed by atoms with Gasteiger partial charge in [0.15, 0.2) is 5.60 Å². The molecule has 4 heteroatoms. The molecule has 0 spiro atoms. The van der Waals surface area contributed by atoms with Crippen LogP contribution in [0.25, 0.3) is 0 Å². The van der Waals surface area contributed by atoms with Crippen LogP contribution in [-0.4, -0.2) is 34.0 Å². The van der Waals surface area contributed by atoms with Gasteiger partial charge in [0.1, 0.15) is 6.10 Å². The van der Waals surface area contributed by atoms with E-state index in [-0.39, 0.29) is 0 Å². The minimum absolute atomic E-state index is 0.459. The largest absolute Gasteiger partial charge is 0.455 e. The van der Waals surface area contributed by atoms with Crippen LogP contribution in [-0.2, 0) is 9.53 Å². The van der Waals surface area contributed by atoms with Crippen molar-refractivity contribution < 1.29 is 19.7 Å². The third-order valence-corrected chi connectivity index (χ3v) is 4.09. The summed E-state index contributed by atoms with van der Waals surface area (Å²) in [5, 5.41) is 20.6. The van der Waals surface area contributed by atoms with Gasteiger partial charge in [-0.25, -0.2) is 4.79 Å². The molecule has 1 fully saturated rings. The smallest absolute Gasteiger partial charge is 0.338 e. The second-order valence-electron chi connectivity index (χ2n) is 5.92. The molecule has 1 heterocycles. The zero-order chi connectivity index (χ0) is 14.2. The van der Waals surface area contributed by atoms with E-state index in [9.17, 15) is 15.0 Å². The molecule has 4 nitrogen and oxygen atoms in total. The van der Waals surface area contributed by atoms with Gasteiger partial charge >= 0.3 is 5.97 Å². The van der Waals surface area contributed by atoms with Crippen LogP contribution < -0.4 is 0 Å². The van der Waals surface area contributed by atoms with Gasteiger partial charge in [0, 0.05) is 0 Å². The Labute approximate surface area is 113 Å². The number of carbonyl (C=O) groups is 1. The monoisotopic (exact) mass is 266 g/mol. The predicted molar refractivity (Wildman–Crippen MR) is 71.4 cm³/mol. The zero-order valence-corrected chi connectivity index (χ0v) is 11.7. The molecule has 0 radical (unpaired) electrons. The van der Waals surface area contributed by atoms with Crippen molar-refractivity contribution in [3.8, 4) is 0 Å². The molecule has 19 heavy (non-hydrogen) atoms. The Hall–Kier alpha value is -1.13. The van der Waals surface area contributed by atoms with Crippen molar-refractivity contribution in [2.75, 3.05) is 0 Å². The first-order valence-corrected chi connectivity index (χ1v) is 6.77. The number of aliphatic hydroxyl groups excluding tert-OH is 1. The molecule has 2 N–H and O–H groups in total. The molecule has 0 aromatic rings. The van der Waals surface area contributed by atoms with Gasteiger partial charge in [-0.3, -0.25) is 0 Å². The Bertz CT molecular complexity index is 433. The first kappa shape index (κ1) is 14.3. The lowest BCUT2D eigenvalue weighted by molar-refractivity contribution is -0.154. The van der Waals surface area contributed by atoms with Crippen molar-refractivity contribution in [2.24, 2.45) is 5.92 Å². The van der Waals surface area contributed by atoms with E-state index in [2.05, 4.69) is 6.08 Å². The summed E-state index contributed by atoms with van der Waals surface area (Å²) in [4.78, 5) is 11.8. The number of ether oxygens (including phenoxy) is 1. The summed E-state index contributed by atoms with van der Waals surface area (Å²) >= 11 is 0. The molecule has 0 bridgehead atoms. The van der Waals surface area contributed by atoms with E-state index in [1.165, 1.54) is 6.92 Å². The molecule has 2 rings (SSSR count). The standard InChI is InChI=1S/C15H22O4/c1-9-5-4-6-10(2)8-12-13(11(16)7-9)15(3,18)14(17)19-12/h5,8,11-13,16,18H,4,6-7H2,1-3H3/t11-,12+,13-,15+/m0/s1. The van der Waals surface area contributed by atoms with Crippen LogP contribution in [0.4, 0.5) is 0 Å². The normalized spacial score (nSPS) is 40.1. The van der Waals surface area contributed by atoms with Crippen molar-refractivity contribution in [3.63, 3.8) is 0 Å². The van der Waals surface area contributed by atoms with Gasteiger partial charge in [-0.2, -0.15) is 0 Å². The fourth-order valence-electron chi connectivity index (χ4n) is 2.95. The highest BCUT2D eigenvalue weighted by Crippen LogP contribution is 2.38. The highest BCUT2D eigenvalue weighted by atomic mass is 16.6. The molecule has 1 aliphatic heterocycles. The van der Waals surface area contributed by atoms with Crippen LogP contribution in [0.15, 0.2) is 23.3 Å². The van der Waals surface area contributed by atoms with E-state index in [4.69, 9.17) is 4.74 Å². The van der Waals surface area contributed by atoms with E-state index < -0.39 is 29.7 Å². The lowest BCUT2D eigenvalue weighted by atomic mass is 9.79. The predicted octanol–water partition coefficient (Wildman–Crippen LogP) is 1.72. The fourth-order valence-corrected chi connectivity index (χ4v) is 2.95. The maximum Gasteiger partial charge on any atom is 0.338 e. The molecule has 4 atom stereocenters. The fraction of sp³-hybridized carbons (Fsp3) is 0.667. The maximum absolute atomic E-state index is 11.8.